The maximum atomic E-state index is 13.8. The zero-order chi connectivity index (χ0) is 44.5. The van der Waals surface area contributed by atoms with Crippen molar-refractivity contribution in [3.63, 3.8) is 0 Å². The second-order valence-corrected chi connectivity index (χ2v) is 21.0. The zero-order valence-electron chi connectivity index (χ0n) is 32.3. The molecule has 19 nitrogen and oxygen atoms in total. The van der Waals surface area contributed by atoms with Crippen molar-refractivity contribution in [2.75, 3.05) is 35.2 Å². The summed E-state index contributed by atoms with van der Waals surface area (Å²) >= 11 is 0. The lowest BCUT2D eigenvalue weighted by atomic mass is 9.71. The number of carboxylic acid groups (broad SMARTS) is 1. The molecule has 0 radical (unpaired) electrons. The van der Waals surface area contributed by atoms with Crippen LogP contribution in [0.5, 0.6) is 0 Å². The van der Waals surface area contributed by atoms with E-state index in [1.807, 2.05) is 0 Å². The lowest BCUT2D eigenvalue weighted by Gasteiger charge is -2.33. The number of carboxylic acids is 1. The van der Waals surface area contributed by atoms with Crippen molar-refractivity contribution in [2.24, 2.45) is 5.41 Å². The van der Waals surface area contributed by atoms with Crippen molar-refractivity contribution in [1.29, 1.82) is 0 Å². The van der Waals surface area contributed by atoms with E-state index in [1.54, 1.807) is 59.7 Å². The maximum Gasteiger partial charge on any atom is 0.374 e. The molecule has 0 fully saturated rings. The zero-order valence-corrected chi connectivity index (χ0v) is 35.5. The summed E-state index contributed by atoms with van der Waals surface area (Å²) in [5.41, 5.74) is -0.323. The first-order chi connectivity index (χ1) is 27.7. The molecule has 6 N–H and O–H groups in total. The second kappa shape index (κ2) is 17.3. The molecule has 0 bridgehead atoms. The summed E-state index contributed by atoms with van der Waals surface area (Å²) in [5.74, 6) is -4.44. The van der Waals surface area contributed by atoms with Gasteiger partial charge in [0.15, 0.2) is 12.0 Å². The van der Waals surface area contributed by atoms with Crippen LogP contribution < -0.4 is 14.8 Å². The molecular formula is C37H44N3O16S4+. The van der Waals surface area contributed by atoms with Crippen LogP contribution >= 0.6 is 0 Å². The number of carbonyl (C=O) groups is 2. The fourth-order valence-electron chi connectivity index (χ4n) is 7.32. The van der Waals surface area contributed by atoms with Gasteiger partial charge in [-0.15, -0.1) is 0 Å². The molecule has 1 unspecified atom stereocenters. The highest BCUT2D eigenvalue weighted by Gasteiger charge is 2.49. The third-order valence-electron chi connectivity index (χ3n) is 10.1. The van der Waals surface area contributed by atoms with Crippen molar-refractivity contribution < 1.29 is 75.6 Å². The number of allylic oxidation sites excluding steroid dienone is 7. The Morgan fingerprint density at radius 3 is 2.13 bits per heavy atom. The predicted octanol–water partition coefficient (Wildman–Crippen LogP) is 2.94. The molecule has 60 heavy (non-hydrogen) atoms. The van der Waals surface area contributed by atoms with Crippen LogP contribution in [0.1, 0.15) is 51.0 Å². The Kier molecular flexibility index (Phi) is 13.4. The molecule has 3 aromatic rings. The highest BCUT2D eigenvalue weighted by molar-refractivity contribution is 7.86. The molecule has 2 heterocycles. The number of anilines is 1. The van der Waals surface area contributed by atoms with E-state index in [1.165, 1.54) is 36.4 Å². The second-order valence-electron chi connectivity index (χ2n) is 14.9. The van der Waals surface area contributed by atoms with Crippen LogP contribution in [0.4, 0.5) is 5.69 Å². The van der Waals surface area contributed by atoms with Crippen molar-refractivity contribution in [2.45, 2.75) is 56.4 Å². The number of aryl methyl sites for hydroxylation is 1. The number of nitrogens with one attached hydrogen (secondary N) is 1. The molecule has 2 aromatic carbocycles. The highest BCUT2D eigenvalue weighted by Crippen LogP contribution is 2.49. The van der Waals surface area contributed by atoms with Gasteiger partial charge >= 0.3 is 11.9 Å². The van der Waals surface area contributed by atoms with Gasteiger partial charge < -0.3 is 19.7 Å². The van der Waals surface area contributed by atoms with Crippen LogP contribution in [0.25, 0.3) is 17.2 Å². The van der Waals surface area contributed by atoms with E-state index in [0.717, 1.165) is 0 Å². The first-order valence-corrected chi connectivity index (χ1v) is 24.5. The third kappa shape index (κ3) is 11.1. The monoisotopic (exact) mass is 914 g/mol. The first kappa shape index (κ1) is 46.3. The molecule has 1 atom stereocenters. The number of para-hydroxylation sites is 2. The summed E-state index contributed by atoms with van der Waals surface area (Å²) in [7, 11) is -17.8. The molecule has 326 valence electrons. The van der Waals surface area contributed by atoms with Gasteiger partial charge in [-0.1, -0.05) is 38.1 Å². The molecule has 23 heteroatoms. The van der Waals surface area contributed by atoms with Crippen molar-refractivity contribution >= 4 is 75.2 Å². The lowest BCUT2D eigenvalue weighted by Crippen LogP contribution is -2.49. The Bertz CT molecular complexity index is 2790. The number of carbonyl (C=O) groups excluding carboxylic acids is 1. The van der Waals surface area contributed by atoms with E-state index >= 15 is 0 Å². The Morgan fingerprint density at radius 1 is 0.850 bits per heavy atom. The molecule has 1 amide bonds. The standard InChI is InChI=1S/C37H43N3O16S4/c1-36(2)28-22-27(60(53,54)55)11-12-29(28)39(16-5-18-57(44,45)46)32(36)13-9-25-21-26(24-37(23-25,35(42)43)34(41)38-15-20-59(50,51)52)10-14-33-40(17-6-19-58(47,48)49)30-7-3-4-8-31(30)56-33/h3-4,7-14,21-22H,5-6,15-20,23-24H2,1-2H3,(H5-,38,41,42,43,44,45,46,47,48,49,50,51,52,53,54,55)/p+1. The van der Waals surface area contributed by atoms with Gasteiger partial charge in [0, 0.05) is 42.4 Å². The molecule has 1 aliphatic carbocycles. The van der Waals surface area contributed by atoms with Gasteiger partial charge in [0.2, 0.25) is 11.5 Å². The van der Waals surface area contributed by atoms with Crippen LogP contribution in [0.15, 0.2) is 92.9 Å². The summed E-state index contributed by atoms with van der Waals surface area (Å²) in [6.45, 7) is 2.97. The minimum atomic E-state index is -4.63. The molecule has 0 spiro atoms. The van der Waals surface area contributed by atoms with E-state index < -0.39 is 105 Å². The molecular weight excluding hydrogens is 871 g/mol. The average Bonchev–Trinajstić information content (AvgIpc) is 3.57. The fraction of sp³-hybridized carbons (Fsp3) is 0.378. The topological polar surface area (TPSA) is 304 Å². The number of fused-ring (bicyclic) bond motifs is 2. The largest absolute Gasteiger partial charge is 0.480 e. The van der Waals surface area contributed by atoms with E-state index in [2.05, 4.69) is 5.32 Å². The van der Waals surface area contributed by atoms with E-state index in [9.17, 15) is 66.6 Å². The van der Waals surface area contributed by atoms with Gasteiger partial charge in [0.25, 0.3) is 46.0 Å². The van der Waals surface area contributed by atoms with E-state index in [-0.39, 0.29) is 43.0 Å². The Balaban J connectivity index is 1.63. The van der Waals surface area contributed by atoms with Crippen LogP contribution in [0.2, 0.25) is 0 Å². The van der Waals surface area contributed by atoms with Crippen LogP contribution in [0.3, 0.4) is 0 Å². The number of amides is 1. The normalized spacial score (nSPS) is 19.9. The SMILES string of the molecule is CC1(C)/C(=C\C=C2C=C(/C=C/c3oc4ccccc4[n+]3CCCS(=O)(=O)O)CC(C(=O)O)(C(=O)NCCS(=O)(=O)O)C\2)N(CCCS(=O)(=O)O)c2ccc(S(=O)(=O)O)cc21. The molecule has 5 rings (SSSR count). The summed E-state index contributed by atoms with van der Waals surface area (Å²) in [6.07, 6.45) is 6.81. The van der Waals surface area contributed by atoms with E-state index in [4.69, 9.17) is 4.42 Å². The minimum Gasteiger partial charge on any atom is -0.480 e. The van der Waals surface area contributed by atoms with Crippen molar-refractivity contribution in [3.05, 3.63) is 95.1 Å². The van der Waals surface area contributed by atoms with Gasteiger partial charge in [0.1, 0.15) is 0 Å². The van der Waals surface area contributed by atoms with Gasteiger partial charge in [-0.3, -0.25) is 27.8 Å². The molecule has 1 aromatic heterocycles. The summed E-state index contributed by atoms with van der Waals surface area (Å²) in [4.78, 5) is 28.2. The lowest BCUT2D eigenvalue weighted by molar-refractivity contribution is -0.677. The summed E-state index contributed by atoms with van der Waals surface area (Å²) in [6, 6.07) is 10.7. The number of rotatable bonds is 17. The minimum absolute atomic E-state index is 0.00808. The number of oxazole rings is 1. The fourth-order valence-corrected chi connectivity index (χ4v) is 9.18. The van der Waals surface area contributed by atoms with Crippen molar-refractivity contribution in [1.82, 2.24) is 5.32 Å². The van der Waals surface area contributed by atoms with Crippen LogP contribution in [0, 0.1) is 5.41 Å². The summed E-state index contributed by atoms with van der Waals surface area (Å²) < 4.78 is 138. The average molecular weight is 915 g/mol. The predicted molar refractivity (Wildman–Crippen MR) is 217 cm³/mol. The number of aliphatic carboxylic acids is 1. The van der Waals surface area contributed by atoms with E-state index in [0.29, 0.717) is 28.0 Å². The third-order valence-corrected chi connectivity index (χ3v) is 13.3. The number of aromatic nitrogens is 1. The molecule has 1 aliphatic heterocycles. The Hall–Kier alpha value is -4.75. The number of nitrogens with zero attached hydrogens (tertiary/aromatic N) is 2. The maximum absolute atomic E-state index is 13.8. The van der Waals surface area contributed by atoms with Gasteiger partial charge in [-0.25, -0.2) is 0 Å². The van der Waals surface area contributed by atoms with Crippen molar-refractivity contribution in [3.8, 4) is 0 Å². The Labute approximate surface area is 346 Å². The molecule has 0 saturated heterocycles. The number of benzene rings is 2. The van der Waals surface area contributed by atoms with Gasteiger partial charge in [-0.2, -0.15) is 38.2 Å². The molecule has 2 aliphatic rings. The first-order valence-electron chi connectivity index (χ1n) is 18.2. The highest BCUT2D eigenvalue weighted by atomic mass is 32.2. The summed E-state index contributed by atoms with van der Waals surface area (Å²) in [5, 5.41) is 13.0. The quantitative estimate of drug-likeness (QED) is 0.0644. The Morgan fingerprint density at radius 2 is 1.50 bits per heavy atom. The van der Waals surface area contributed by atoms with Crippen LogP contribution in [-0.2, 0) is 62.0 Å². The van der Waals surface area contributed by atoms with Crippen LogP contribution in [-0.4, -0.2) is 99.2 Å². The molecule has 0 saturated carbocycles. The number of hydrogen-bond acceptors (Lipinski definition) is 12. The van der Waals surface area contributed by atoms with Gasteiger partial charge in [-0.05, 0) is 72.4 Å². The number of hydrogen-bond donors (Lipinski definition) is 6. The van der Waals surface area contributed by atoms with Gasteiger partial charge in [0.05, 0.1) is 28.2 Å². The smallest absolute Gasteiger partial charge is 0.374 e.